The molecule has 3 aliphatic rings. The van der Waals surface area contributed by atoms with Crippen LogP contribution in [-0.4, -0.2) is 80.8 Å². The van der Waals surface area contributed by atoms with E-state index >= 15 is 0 Å². The minimum absolute atomic E-state index is 0.0783. The summed E-state index contributed by atoms with van der Waals surface area (Å²) < 4.78 is 1.87. The van der Waals surface area contributed by atoms with Crippen LogP contribution in [0.1, 0.15) is 68.6 Å². The Morgan fingerprint density at radius 2 is 1.81 bits per heavy atom. The van der Waals surface area contributed by atoms with Crippen molar-refractivity contribution in [1.82, 2.24) is 29.9 Å². The molecule has 216 valence electrons. The van der Waals surface area contributed by atoms with Gasteiger partial charge in [-0.05, 0) is 62.4 Å². The summed E-state index contributed by atoms with van der Waals surface area (Å²) in [5.74, 6) is -1.92. The lowest BCUT2D eigenvalue weighted by atomic mass is 9.80. The van der Waals surface area contributed by atoms with Gasteiger partial charge in [0.25, 0.3) is 17.7 Å². The second-order valence-corrected chi connectivity index (χ2v) is 11.3. The molecule has 2 aromatic heterocycles. The first-order valence-corrected chi connectivity index (χ1v) is 13.9. The van der Waals surface area contributed by atoms with Crippen molar-refractivity contribution in [3.63, 3.8) is 0 Å². The Kier molecular flexibility index (Phi) is 6.83. The molecule has 2 N–H and O–H groups in total. The third kappa shape index (κ3) is 4.82. The number of imide groups is 2. The average molecular weight is 570 g/mol. The number of carbonyl (C=O) groups is 5. The van der Waals surface area contributed by atoms with E-state index in [9.17, 15) is 24.0 Å². The van der Waals surface area contributed by atoms with Gasteiger partial charge >= 0.3 is 0 Å². The molecule has 6 rings (SSSR count). The van der Waals surface area contributed by atoms with Gasteiger partial charge in [-0.15, -0.1) is 0 Å². The number of carbonyl (C=O) groups excluding carboxylic acids is 5. The van der Waals surface area contributed by atoms with Crippen molar-refractivity contribution in [3.05, 3.63) is 65.1 Å². The molecule has 0 bridgehead atoms. The Hall–Kier alpha value is -4.87. The lowest BCUT2D eigenvalue weighted by Crippen LogP contribution is -2.54. The zero-order valence-corrected chi connectivity index (χ0v) is 23.6. The second-order valence-electron chi connectivity index (χ2n) is 11.3. The van der Waals surface area contributed by atoms with Gasteiger partial charge in [0, 0.05) is 44.6 Å². The number of rotatable bonds is 7. The number of anilines is 1. The molecule has 1 saturated heterocycles. The van der Waals surface area contributed by atoms with E-state index in [1.165, 1.54) is 4.90 Å². The largest absolute Gasteiger partial charge is 0.385 e. The molecular formula is C30H31N7O5. The molecule has 1 atom stereocenters. The van der Waals surface area contributed by atoms with Crippen LogP contribution in [0, 0.1) is 12.8 Å². The van der Waals surface area contributed by atoms with Gasteiger partial charge in [-0.1, -0.05) is 6.07 Å². The van der Waals surface area contributed by atoms with Crippen molar-refractivity contribution in [2.75, 3.05) is 26.0 Å². The number of aromatic nitrogens is 3. The van der Waals surface area contributed by atoms with Gasteiger partial charge in [-0.2, -0.15) is 5.10 Å². The molecule has 1 unspecified atom stereocenters. The first-order valence-electron chi connectivity index (χ1n) is 13.9. The standard InChI is InChI=1S/C30H31N7O5/c1-16-5-4-6-23(32-16)22-15-36(34-26(22)30(42)35(2)3)19-11-17(12-19)14-31-18-7-8-20-21(13-18)29(41)37(28(20)40)24-9-10-25(38)33-27(24)39/h4-8,13,15,17,19,24,31H,9-12,14H2,1-3H3,(H,33,38,39)/t17-,19-,24?. The SMILES string of the molecule is Cc1cccc(-c2cn([C@H]3C[C@H](CNc4ccc5c(c4)C(=O)N(C4CCC(=O)NC4=O)C5=O)C3)nc2C(=O)N(C)C)n1. The third-order valence-corrected chi connectivity index (χ3v) is 8.12. The summed E-state index contributed by atoms with van der Waals surface area (Å²) in [6.45, 7) is 2.57. The van der Waals surface area contributed by atoms with Gasteiger partial charge in [-0.3, -0.25) is 43.9 Å². The first-order chi connectivity index (χ1) is 20.1. The van der Waals surface area contributed by atoms with Crippen molar-refractivity contribution in [3.8, 4) is 11.3 Å². The molecule has 12 nitrogen and oxygen atoms in total. The maximum atomic E-state index is 13.1. The van der Waals surface area contributed by atoms with E-state index in [0.717, 1.165) is 23.4 Å². The topological polar surface area (TPSA) is 147 Å². The van der Waals surface area contributed by atoms with Crippen molar-refractivity contribution in [2.45, 2.75) is 44.7 Å². The second kappa shape index (κ2) is 10.5. The third-order valence-electron chi connectivity index (χ3n) is 8.12. The van der Waals surface area contributed by atoms with E-state index < -0.39 is 29.7 Å². The Bertz CT molecular complexity index is 1640. The summed E-state index contributed by atoms with van der Waals surface area (Å²) in [7, 11) is 3.41. The predicted molar refractivity (Wildman–Crippen MR) is 152 cm³/mol. The minimum atomic E-state index is -0.989. The van der Waals surface area contributed by atoms with Crippen molar-refractivity contribution in [2.24, 2.45) is 5.92 Å². The van der Waals surface area contributed by atoms with Crippen LogP contribution in [0.3, 0.4) is 0 Å². The fourth-order valence-corrected chi connectivity index (χ4v) is 5.76. The van der Waals surface area contributed by atoms with Crippen molar-refractivity contribution >= 4 is 35.2 Å². The van der Waals surface area contributed by atoms with Gasteiger partial charge in [0.15, 0.2) is 5.69 Å². The summed E-state index contributed by atoms with van der Waals surface area (Å²) in [6.07, 6.45) is 3.82. The van der Waals surface area contributed by atoms with Crippen LogP contribution in [-0.2, 0) is 9.59 Å². The highest BCUT2D eigenvalue weighted by molar-refractivity contribution is 6.23. The molecule has 42 heavy (non-hydrogen) atoms. The monoisotopic (exact) mass is 569 g/mol. The number of amides is 5. The molecule has 3 aromatic rings. The molecule has 0 radical (unpaired) electrons. The van der Waals surface area contributed by atoms with E-state index in [1.807, 2.05) is 36.0 Å². The van der Waals surface area contributed by atoms with Crippen LogP contribution < -0.4 is 10.6 Å². The molecule has 0 spiro atoms. The van der Waals surface area contributed by atoms with Crippen LogP contribution >= 0.6 is 0 Å². The first kappa shape index (κ1) is 27.3. The summed E-state index contributed by atoms with van der Waals surface area (Å²) in [6, 6.07) is 9.86. The van der Waals surface area contributed by atoms with E-state index in [4.69, 9.17) is 0 Å². The highest BCUT2D eigenvalue weighted by Crippen LogP contribution is 2.39. The quantitative estimate of drug-likeness (QED) is 0.413. The van der Waals surface area contributed by atoms with Gasteiger partial charge in [0.1, 0.15) is 6.04 Å². The fourth-order valence-electron chi connectivity index (χ4n) is 5.76. The zero-order valence-electron chi connectivity index (χ0n) is 23.6. The summed E-state index contributed by atoms with van der Waals surface area (Å²) in [5.41, 5.74) is 3.86. The number of aryl methyl sites for hydroxylation is 1. The predicted octanol–water partition coefficient (Wildman–Crippen LogP) is 2.42. The molecule has 4 heterocycles. The number of hydrogen-bond acceptors (Lipinski definition) is 8. The number of benzene rings is 1. The van der Waals surface area contributed by atoms with Crippen molar-refractivity contribution in [1.29, 1.82) is 0 Å². The van der Waals surface area contributed by atoms with Gasteiger partial charge in [-0.25, -0.2) is 0 Å². The van der Waals surface area contributed by atoms with E-state index in [0.29, 0.717) is 35.1 Å². The number of fused-ring (bicyclic) bond motifs is 1. The molecule has 2 aliphatic heterocycles. The number of nitrogens with zero attached hydrogens (tertiary/aromatic N) is 5. The maximum Gasteiger partial charge on any atom is 0.274 e. The van der Waals surface area contributed by atoms with Crippen molar-refractivity contribution < 1.29 is 24.0 Å². The van der Waals surface area contributed by atoms with Crippen LogP contribution in [0.4, 0.5) is 5.69 Å². The summed E-state index contributed by atoms with van der Waals surface area (Å²) in [4.78, 5) is 69.8. The molecule has 1 saturated carbocycles. The number of nitrogens with one attached hydrogen (secondary N) is 2. The van der Waals surface area contributed by atoms with E-state index in [2.05, 4.69) is 20.7 Å². The Balaban J connectivity index is 1.10. The molecule has 1 aliphatic carbocycles. The molecule has 5 amide bonds. The minimum Gasteiger partial charge on any atom is -0.385 e. The normalized spacial score (nSPS) is 21.6. The fraction of sp³-hybridized carbons (Fsp3) is 0.367. The number of piperidine rings is 1. The van der Waals surface area contributed by atoms with Gasteiger partial charge < -0.3 is 10.2 Å². The van der Waals surface area contributed by atoms with E-state index in [1.54, 1.807) is 32.3 Å². The van der Waals surface area contributed by atoms with Crippen LogP contribution in [0.2, 0.25) is 0 Å². The molecular weight excluding hydrogens is 538 g/mol. The maximum absolute atomic E-state index is 13.1. The van der Waals surface area contributed by atoms with Gasteiger partial charge in [0.2, 0.25) is 11.8 Å². The summed E-state index contributed by atoms with van der Waals surface area (Å²) in [5, 5.41) is 10.2. The van der Waals surface area contributed by atoms with E-state index in [-0.39, 0.29) is 35.9 Å². The highest BCUT2D eigenvalue weighted by atomic mass is 16.2. The Morgan fingerprint density at radius 3 is 2.52 bits per heavy atom. The lowest BCUT2D eigenvalue weighted by molar-refractivity contribution is -0.136. The van der Waals surface area contributed by atoms with Crippen LogP contribution in [0.15, 0.2) is 42.6 Å². The molecule has 1 aromatic carbocycles. The highest BCUT2D eigenvalue weighted by Gasteiger charge is 2.44. The van der Waals surface area contributed by atoms with Crippen LogP contribution in [0.25, 0.3) is 11.3 Å². The van der Waals surface area contributed by atoms with Crippen LogP contribution in [0.5, 0.6) is 0 Å². The molecule has 12 heteroatoms. The average Bonchev–Trinajstić information content (AvgIpc) is 3.47. The Morgan fingerprint density at radius 1 is 1.05 bits per heavy atom. The zero-order chi connectivity index (χ0) is 29.7. The summed E-state index contributed by atoms with van der Waals surface area (Å²) >= 11 is 0. The van der Waals surface area contributed by atoms with Gasteiger partial charge in [0.05, 0.1) is 28.4 Å². The smallest absolute Gasteiger partial charge is 0.274 e. The lowest BCUT2D eigenvalue weighted by Gasteiger charge is -2.35. The number of pyridine rings is 1. The molecule has 2 fully saturated rings. The number of hydrogen-bond donors (Lipinski definition) is 2. The Labute approximate surface area is 242 Å².